The zero-order valence-corrected chi connectivity index (χ0v) is 12.5. The van der Waals surface area contributed by atoms with E-state index in [1.165, 1.54) is 7.11 Å². The van der Waals surface area contributed by atoms with Crippen LogP contribution in [0.4, 0.5) is 5.69 Å². The first-order valence-corrected chi connectivity index (χ1v) is 6.97. The van der Waals surface area contributed by atoms with E-state index in [0.29, 0.717) is 29.5 Å². The van der Waals surface area contributed by atoms with Gasteiger partial charge in [0.25, 0.3) is 0 Å². The standard InChI is InChI=1S/C15H17ClN2O3/c1-3-6-17-15(20)10-7-14(19)18(9-10)12-8-11(16)4-5-13(12)21-2/h3-5,8,10H,1,6-7,9H2,2H3,(H,17,20)/t10-/m0/s1. The molecular weight excluding hydrogens is 292 g/mol. The highest BCUT2D eigenvalue weighted by atomic mass is 35.5. The van der Waals surface area contributed by atoms with Crippen LogP contribution in [0.2, 0.25) is 5.02 Å². The Balaban J connectivity index is 2.18. The summed E-state index contributed by atoms with van der Waals surface area (Å²) in [5.74, 6) is -0.0814. The first kappa shape index (κ1) is 15.4. The number of ether oxygens (including phenoxy) is 1. The molecular formula is C15H17ClN2O3. The largest absolute Gasteiger partial charge is 0.495 e. The number of methoxy groups -OCH3 is 1. The van der Waals surface area contributed by atoms with E-state index in [9.17, 15) is 9.59 Å². The molecule has 0 spiro atoms. The fourth-order valence-corrected chi connectivity index (χ4v) is 2.47. The molecule has 1 heterocycles. The van der Waals surface area contributed by atoms with E-state index in [0.717, 1.165) is 0 Å². The number of hydrogen-bond donors (Lipinski definition) is 1. The summed E-state index contributed by atoms with van der Waals surface area (Å²) in [4.78, 5) is 25.7. The van der Waals surface area contributed by atoms with E-state index in [1.807, 2.05) is 0 Å². The van der Waals surface area contributed by atoms with Crippen molar-refractivity contribution in [3.05, 3.63) is 35.9 Å². The number of nitrogens with one attached hydrogen (secondary N) is 1. The number of amides is 2. The molecule has 0 unspecified atom stereocenters. The number of anilines is 1. The third-order valence-electron chi connectivity index (χ3n) is 3.35. The molecule has 112 valence electrons. The smallest absolute Gasteiger partial charge is 0.227 e. The van der Waals surface area contributed by atoms with Crippen molar-refractivity contribution in [2.75, 3.05) is 25.1 Å². The maximum absolute atomic E-state index is 12.2. The zero-order chi connectivity index (χ0) is 15.4. The molecule has 1 saturated heterocycles. The highest BCUT2D eigenvalue weighted by Gasteiger charge is 2.36. The van der Waals surface area contributed by atoms with E-state index in [-0.39, 0.29) is 24.2 Å². The van der Waals surface area contributed by atoms with Crippen LogP contribution in [0.3, 0.4) is 0 Å². The summed E-state index contributed by atoms with van der Waals surface area (Å²) < 4.78 is 5.26. The quantitative estimate of drug-likeness (QED) is 0.847. The van der Waals surface area contributed by atoms with Gasteiger partial charge in [-0.1, -0.05) is 17.7 Å². The van der Waals surface area contributed by atoms with Crippen molar-refractivity contribution >= 4 is 29.1 Å². The number of carbonyl (C=O) groups is 2. The molecule has 1 aliphatic rings. The van der Waals surface area contributed by atoms with Gasteiger partial charge in [-0.3, -0.25) is 9.59 Å². The van der Waals surface area contributed by atoms with Crippen molar-refractivity contribution in [1.82, 2.24) is 5.32 Å². The van der Waals surface area contributed by atoms with Crippen molar-refractivity contribution in [2.45, 2.75) is 6.42 Å². The lowest BCUT2D eigenvalue weighted by atomic mass is 10.1. The van der Waals surface area contributed by atoms with Crippen molar-refractivity contribution < 1.29 is 14.3 Å². The Morgan fingerprint density at radius 3 is 3.05 bits per heavy atom. The second kappa shape index (κ2) is 6.63. The number of hydrogen-bond acceptors (Lipinski definition) is 3. The third kappa shape index (κ3) is 3.36. The van der Waals surface area contributed by atoms with Crippen LogP contribution in [0.5, 0.6) is 5.75 Å². The molecule has 6 heteroatoms. The average Bonchev–Trinajstić information content (AvgIpc) is 2.86. The van der Waals surface area contributed by atoms with Gasteiger partial charge < -0.3 is 15.0 Å². The van der Waals surface area contributed by atoms with Crippen LogP contribution in [-0.4, -0.2) is 32.0 Å². The van der Waals surface area contributed by atoms with Crippen LogP contribution in [0, 0.1) is 5.92 Å². The van der Waals surface area contributed by atoms with E-state index < -0.39 is 0 Å². The van der Waals surface area contributed by atoms with Gasteiger partial charge >= 0.3 is 0 Å². The minimum atomic E-state index is -0.374. The van der Waals surface area contributed by atoms with Gasteiger partial charge in [-0.15, -0.1) is 6.58 Å². The van der Waals surface area contributed by atoms with Crippen molar-refractivity contribution in [1.29, 1.82) is 0 Å². The molecule has 1 N–H and O–H groups in total. The fraction of sp³-hybridized carbons (Fsp3) is 0.333. The minimum Gasteiger partial charge on any atom is -0.495 e. The van der Waals surface area contributed by atoms with E-state index in [1.54, 1.807) is 29.2 Å². The number of benzene rings is 1. The molecule has 0 aromatic heterocycles. The Kier molecular flexibility index (Phi) is 4.85. The van der Waals surface area contributed by atoms with Crippen molar-refractivity contribution in [3.63, 3.8) is 0 Å². The molecule has 0 aliphatic carbocycles. The van der Waals surface area contributed by atoms with Crippen molar-refractivity contribution in [2.24, 2.45) is 5.92 Å². The molecule has 5 nitrogen and oxygen atoms in total. The maximum Gasteiger partial charge on any atom is 0.227 e. The first-order chi connectivity index (χ1) is 10.1. The van der Waals surface area contributed by atoms with Crippen molar-refractivity contribution in [3.8, 4) is 5.75 Å². The molecule has 1 fully saturated rings. The SMILES string of the molecule is C=CCNC(=O)[C@H]1CC(=O)N(c2cc(Cl)ccc2OC)C1. The van der Waals surface area contributed by atoms with Gasteiger partial charge in [0, 0.05) is 24.5 Å². The topological polar surface area (TPSA) is 58.6 Å². The molecule has 0 saturated carbocycles. The van der Waals surface area contributed by atoms with Crippen LogP contribution in [-0.2, 0) is 9.59 Å². The van der Waals surface area contributed by atoms with Crippen LogP contribution in [0.15, 0.2) is 30.9 Å². The fourth-order valence-electron chi connectivity index (χ4n) is 2.31. The normalized spacial score (nSPS) is 17.7. The molecule has 0 radical (unpaired) electrons. The number of rotatable bonds is 5. The Morgan fingerprint density at radius 2 is 2.38 bits per heavy atom. The second-order valence-corrected chi connectivity index (χ2v) is 5.19. The summed E-state index contributed by atoms with van der Waals surface area (Å²) in [6, 6.07) is 5.07. The van der Waals surface area contributed by atoms with Crippen LogP contribution in [0.25, 0.3) is 0 Å². The summed E-state index contributed by atoms with van der Waals surface area (Å²) in [5.41, 5.74) is 0.592. The van der Waals surface area contributed by atoms with Crippen LogP contribution in [0.1, 0.15) is 6.42 Å². The van der Waals surface area contributed by atoms with Gasteiger partial charge in [0.15, 0.2) is 0 Å². The van der Waals surface area contributed by atoms with E-state index in [2.05, 4.69) is 11.9 Å². The van der Waals surface area contributed by atoms with Crippen LogP contribution < -0.4 is 15.0 Å². The molecule has 2 amide bonds. The van der Waals surface area contributed by atoms with Gasteiger partial charge in [0.2, 0.25) is 11.8 Å². The Morgan fingerprint density at radius 1 is 1.62 bits per heavy atom. The Hall–Kier alpha value is -2.01. The number of halogens is 1. The lowest BCUT2D eigenvalue weighted by Gasteiger charge is -2.19. The van der Waals surface area contributed by atoms with Gasteiger partial charge in [-0.05, 0) is 18.2 Å². The zero-order valence-electron chi connectivity index (χ0n) is 11.8. The molecule has 0 bridgehead atoms. The van der Waals surface area contributed by atoms with Gasteiger partial charge in [0.1, 0.15) is 5.75 Å². The predicted molar refractivity (Wildman–Crippen MR) is 81.7 cm³/mol. The number of carbonyl (C=O) groups excluding carboxylic acids is 2. The lowest BCUT2D eigenvalue weighted by molar-refractivity contribution is -0.126. The van der Waals surface area contributed by atoms with Gasteiger partial charge in [0.05, 0.1) is 18.7 Å². The van der Waals surface area contributed by atoms with Gasteiger partial charge in [-0.25, -0.2) is 0 Å². The summed E-state index contributed by atoms with van der Waals surface area (Å²) in [6.45, 7) is 4.26. The Labute approximate surface area is 128 Å². The molecule has 1 atom stereocenters. The Bertz CT molecular complexity index is 574. The summed E-state index contributed by atoms with van der Waals surface area (Å²) in [6.07, 6.45) is 1.78. The highest BCUT2D eigenvalue weighted by Crippen LogP contribution is 2.35. The molecule has 1 aliphatic heterocycles. The molecule has 1 aromatic carbocycles. The molecule has 21 heavy (non-hydrogen) atoms. The predicted octanol–water partition coefficient (Wildman–Crippen LogP) is 2.00. The molecule has 1 aromatic rings. The second-order valence-electron chi connectivity index (χ2n) is 4.76. The van der Waals surface area contributed by atoms with Gasteiger partial charge in [-0.2, -0.15) is 0 Å². The monoisotopic (exact) mass is 308 g/mol. The number of nitrogens with zero attached hydrogens (tertiary/aromatic N) is 1. The van der Waals surface area contributed by atoms with Crippen LogP contribution >= 0.6 is 11.6 Å². The summed E-state index contributed by atoms with van der Waals surface area (Å²) in [7, 11) is 1.53. The highest BCUT2D eigenvalue weighted by molar-refractivity contribution is 6.31. The summed E-state index contributed by atoms with van der Waals surface area (Å²) in [5, 5.41) is 3.23. The molecule has 2 rings (SSSR count). The van der Waals surface area contributed by atoms with E-state index in [4.69, 9.17) is 16.3 Å². The third-order valence-corrected chi connectivity index (χ3v) is 3.58. The first-order valence-electron chi connectivity index (χ1n) is 6.59. The van der Waals surface area contributed by atoms with E-state index >= 15 is 0 Å². The lowest BCUT2D eigenvalue weighted by Crippen LogP contribution is -2.33. The maximum atomic E-state index is 12.2. The summed E-state index contributed by atoms with van der Waals surface area (Å²) >= 11 is 5.98. The average molecular weight is 309 g/mol. The minimum absolute atomic E-state index is 0.116.